The smallest absolute Gasteiger partial charge is 0.159 e. The molecule has 0 saturated carbocycles. The van der Waals surface area contributed by atoms with Crippen LogP contribution < -0.4 is 0 Å². The van der Waals surface area contributed by atoms with Gasteiger partial charge in [0.2, 0.25) is 0 Å². The molecule has 1 aromatic carbocycles. The van der Waals surface area contributed by atoms with Crippen LogP contribution in [0.4, 0.5) is 0 Å². The van der Waals surface area contributed by atoms with Gasteiger partial charge in [0, 0.05) is 17.9 Å². The molecule has 5 heteroatoms. The van der Waals surface area contributed by atoms with E-state index in [1.165, 1.54) is 0 Å². The zero-order valence-electron chi connectivity index (χ0n) is 11.1. The molecule has 19 heavy (non-hydrogen) atoms. The Hall–Kier alpha value is -1.51. The number of hydrogen-bond donors (Lipinski definition) is 1. The molecule has 4 nitrogen and oxygen atoms in total. The van der Waals surface area contributed by atoms with Crippen LogP contribution in [0.25, 0.3) is 11.4 Å². The summed E-state index contributed by atoms with van der Waals surface area (Å²) >= 11 is 0. The Balaban J connectivity index is 2.34. The van der Waals surface area contributed by atoms with Gasteiger partial charge in [-0.1, -0.05) is 18.2 Å². The largest absolute Gasteiger partial charge is 0.390 e. The number of aliphatic hydroxyl groups is 1. The van der Waals surface area contributed by atoms with Crippen molar-refractivity contribution in [2.45, 2.75) is 12.8 Å². The Morgan fingerprint density at radius 3 is 2.74 bits per heavy atom. The second-order valence-electron chi connectivity index (χ2n) is 4.96. The summed E-state index contributed by atoms with van der Waals surface area (Å²) in [5, 5.41) is 9.09. The molecule has 2 aromatic rings. The summed E-state index contributed by atoms with van der Waals surface area (Å²) in [6.45, 7) is 3.46. The Morgan fingerprint density at radius 1 is 1.26 bits per heavy atom. The number of benzene rings is 1. The summed E-state index contributed by atoms with van der Waals surface area (Å²) in [6, 6.07) is 9.42. The van der Waals surface area contributed by atoms with E-state index in [-0.39, 0.29) is 6.61 Å². The molecule has 1 N–H and O–H groups in total. The average Bonchev–Trinajstić information content (AvgIpc) is 2.37. The first-order chi connectivity index (χ1) is 8.98. The zero-order chi connectivity index (χ0) is 13.9. The first kappa shape index (κ1) is 13.9. The van der Waals surface area contributed by atoms with Crippen LogP contribution in [0, 0.1) is 0 Å². The molecule has 0 fully saturated rings. The summed E-state index contributed by atoms with van der Waals surface area (Å²) in [6.07, 6.45) is 2.20. The van der Waals surface area contributed by atoms with Crippen LogP contribution in [0.3, 0.4) is 0 Å². The van der Waals surface area contributed by atoms with Crippen LogP contribution in [-0.2, 0) is 17.3 Å². The first-order valence-electron chi connectivity index (χ1n) is 6.04. The molecule has 0 unspecified atom stereocenters. The Labute approximate surface area is 112 Å². The number of aliphatic hydroxyl groups excluding tert-OH is 1. The van der Waals surface area contributed by atoms with Crippen LogP contribution in [0.2, 0.25) is 0 Å². The molecular weight excluding hydrogens is 259 g/mol. The maximum absolute atomic E-state index is 11.9. The molecule has 0 aliphatic rings. The van der Waals surface area contributed by atoms with Crippen molar-refractivity contribution in [3.63, 3.8) is 0 Å². The van der Waals surface area contributed by atoms with Crippen LogP contribution in [-0.4, -0.2) is 28.4 Å². The SMILES string of the molecule is CP(C)(=O)Cc1cccc(-c2nccc(CO)n2)c1. The van der Waals surface area contributed by atoms with Gasteiger partial charge in [0.15, 0.2) is 5.82 Å². The molecule has 0 aliphatic heterocycles. The minimum absolute atomic E-state index is 0.103. The molecule has 0 atom stereocenters. The van der Waals surface area contributed by atoms with E-state index < -0.39 is 7.14 Å². The van der Waals surface area contributed by atoms with Crippen LogP contribution in [0.5, 0.6) is 0 Å². The predicted octanol–water partition coefficient (Wildman–Crippen LogP) is 2.76. The van der Waals surface area contributed by atoms with Gasteiger partial charge in [-0.3, -0.25) is 0 Å². The number of rotatable bonds is 4. The fourth-order valence-electron chi connectivity index (χ4n) is 1.87. The van der Waals surface area contributed by atoms with E-state index in [2.05, 4.69) is 9.97 Å². The predicted molar refractivity (Wildman–Crippen MR) is 76.5 cm³/mol. The van der Waals surface area contributed by atoms with Crippen molar-refractivity contribution in [1.82, 2.24) is 9.97 Å². The summed E-state index contributed by atoms with van der Waals surface area (Å²) in [5.41, 5.74) is 2.48. The van der Waals surface area contributed by atoms with Crippen LogP contribution in [0.15, 0.2) is 36.5 Å². The molecule has 1 heterocycles. The second kappa shape index (κ2) is 5.64. The van der Waals surface area contributed by atoms with Gasteiger partial charge >= 0.3 is 0 Å². The average molecular weight is 276 g/mol. The summed E-state index contributed by atoms with van der Waals surface area (Å²) < 4.78 is 11.9. The third-order valence-electron chi connectivity index (χ3n) is 2.62. The van der Waals surface area contributed by atoms with Crippen molar-refractivity contribution in [2.75, 3.05) is 13.3 Å². The standard InChI is InChI=1S/C14H17N2O2P/c1-19(2,18)10-11-4-3-5-12(8-11)14-15-7-6-13(9-17)16-14/h3-8,17H,9-10H2,1-2H3. The van der Waals surface area contributed by atoms with Gasteiger partial charge < -0.3 is 9.67 Å². The van der Waals surface area contributed by atoms with Gasteiger partial charge in [0.25, 0.3) is 0 Å². The molecular formula is C14H17N2O2P. The minimum Gasteiger partial charge on any atom is -0.390 e. The minimum atomic E-state index is -2.10. The molecule has 100 valence electrons. The van der Waals surface area contributed by atoms with Crippen LogP contribution in [0.1, 0.15) is 11.3 Å². The van der Waals surface area contributed by atoms with E-state index in [1.54, 1.807) is 25.6 Å². The Kier molecular flexibility index (Phi) is 4.13. The van der Waals surface area contributed by atoms with Crippen molar-refractivity contribution in [3.05, 3.63) is 47.8 Å². The highest BCUT2D eigenvalue weighted by molar-refractivity contribution is 7.61. The quantitative estimate of drug-likeness (QED) is 0.872. The van der Waals surface area contributed by atoms with E-state index in [0.717, 1.165) is 11.1 Å². The molecule has 1 aromatic heterocycles. The lowest BCUT2D eigenvalue weighted by atomic mass is 10.1. The third-order valence-corrected chi connectivity index (χ3v) is 3.75. The van der Waals surface area contributed by atoms with Crippen molar-refractivity contribution in [2.24, 2.45) is 0 Å². The summed E-state index contributed by atoms with van der Waals surface area (Å²) in [7, 11) is -2.10. The highest BCUT2D eigenvalue weighted by Crippen LogP contribution is 2.40. The molecule has 0 radical (unpaired) electrons. The molecule has 0 bridgehead atoms. The van der Waals surface area contributed by atoms with Crippen molar-refractivity contribution in [1.29, 1.82) is 0 Å². The van der Waals surface area contributed by atoms with Crippen LogP contribution >= 0.6 is 7.14 Å². The lowest BCUT2D eigenvalue weighted by Gasteiger charge is -2.08. The van der Waals surface area contributed by atoms with Gasteiger partial charge in [-0.25, -0.2) is 9.97 Å². The highest BCUT2D eigenvalue weighted by Gasteiger charge is 2.10. The summed E-state index contributed by atoms with van der Waals surface area (Å²) in [5.74, 6) is 0.579. The molecule has 2 rings (SSSR count). The van der Waals surface area contributed by atoms with E-state index in [1.807, 2.05) is 24.3 Å². The van der Waals surface area contributed by atoms with Crippen molar-refractivity contribution >= 4 is 7.14 Å². The van der Waals surface area contributed by atoms with E-state index in [0.29, 0.717) is 17.7 Å². The monoisotopic (exact) mass is 276 g/mol. The maximum Gasteiger partial charge on any atom is 0.159 e. The van der Waals surface area contributed by atoms with E-state index in [4.69, 9.17) is 5.11 Å². The first-order valence-corrected chi connectivity index (χ1v) is 8.83. The molecule has 0 saturated heterocycles. The fraction of sp³-hybridized carbons (Fsp3) is 0.286. The summed E-state index contributed by atoms with van der Waals surface area (Å²) in [4.78, 5) is 8.47. The lowest BCUT2D eigenvalue weighted by molar-refractivity contribution is 0.277. The fourth-order valence-corrected chi connectivity index (χ4v) is 2.95. The topological polar surface area (TPSA) is 63.1 Å². The van der Waals surface area contributed by atoms with Gasteiger partial charge in [0.05, 0.1) is 19.4 Å². The Bertz CT molecular complexity index is 622. The number of hydrogen-bond acceptors (Lipinski definition) is 4. The van der Waals surface area contributed by atoms with Gasteiger partial charge in [0.1, 0.15) is 0 Å². The lowest BCUT2D eigenvalue weighted by Crippen LogP contribution is -1.95. The van der Waals surface area contributed by atoms with Gasteiger partial charge in [-0.2, -0.15) is 0 Å². The second-order valence-corrected chi connectivity index (χ2v) is 8.43. The van der Waals surface area contributed by atoms with E-state index >= 15 is 0 Å². The maximum atomic E-state index is 11.9. The number of nitrogens with zero attached hydrogens (tertiary/aromatic N) is 2. The van der Waals surface area contributed by atoms with E-state index in [9.17, 15) is 4.57 Å². The molecule has 0 aliphatic carbocycles. The Morgan fingerprint density at radius 2 is 2.05 bits per heavy atom. The van der Waals surface area contributed by atoms with Crippen molar-refractivity contribution < 1.29 is 9.67 Å². The molecule has 0 spiro atoms. The molecule has 0 amide bonds. The highest BCUT2D eigenvalue weighted by atomic mass is 31.2. The third kappa shape index (κ3) is 3.98. The zero-order valence-corrected chi connectivity index (χ0v) is 12.0. The van der Waals surface area contributed by atoms with Crippen molar-refractivity contribution in [3.8, 4) is 11.4 Å². The normalized spacial score (nSPS) is 11.5. The van der Waals surface area contributed by atoms with Gasteiger partial charge in [-0.05, 0) is 31.0 Å². The van der Waals surface area contributed by atoms with Gasteiger partial charge in [-0.15, -0.1) is 0 Å². The number of aromatic nitrogens is 2.